The molecule has 0 N–H and O–H groups in total. The van der Waals surface area contributed by atoms with Gasteiger partial charge in [-0.25, -0.2) is 0 Å². The van der Waals surface area contributed by atoms with Gasteiger partial charge in [0.05, 0.1) is 0 Å². The molecular formula is C64H114O6. The second-order valence-corrected chi connectivity index (χ2v) is 20.3. The lowest BCUT2D eigenvalue weighted by molar-refractivity contribution is -0.167. The van der Waals surface area contributed by atoms with E-state index in [2.05, 4.69) is 81.5 Å². The summed E-state index contributed by atoms with van der Waals surface area (Å²) >= 11 is 0. The van der Waals surface area contributed by atoms with Crippen LogP contribution < -0.4 is 0 Å². The fourth-order valence-electron chi connectivity index (χ4n) is 8.66. The van der Waals surface area contributed by atoms with Gasteiger partial charge in [0, 0.05) is 19.3 Å². The SMILES string of the molecule is CCCCC/C=C\C=C/CCCCCCCCC(=O)OCC(COC(=O)CCCCCCCCC/C=C\CCCCCCCCCC)OC(=O)CCCCCCC/C=C\C=C/CCCCCCCCC. The Hall–Kier alpha value is -2.89. The number of carbonyl (C=O) groups is 3. The first-order valence-corrected chi connectivity index (χ1v) is 30.3. The Bertz CT molecular complexity index is 1260. The minimum Gasteiger partial charge on any atom is -0.462 e. The molecule has 0 saturated carbocycles. The van der Waals surface area contributed by atoms with Crippen LogP contribution in [0.4, 0.5) is 0 Å². The highest BCUT2D eigenvalue weighted by atomic mass is 16.6. The topological polar surface area (TPSA) is 78.9 Å². The Morgan fingerprint density at radius 1 is 0.286 bits per heavy atom. The third-order valence-electron chi connectivity index (χ3n) is 13.3. The van der Waals surface area contributed by atoms with E-state index in [-0.39, 0.29) is 31.1 Å². The van der Waals surface area contributed by atoms with Gasteiger partial charge in [0.15, 0.2) is 6.10 Å². The Morgan fingerprint density at radius 2 is 0.514 bits per heavy atom. The standard InChI is InChI=1S/C64H114O6/c1-4-7-10-13-16-19-22-25-28-30-32-34-36-39-42-45-48-51-54-57-63(66)69-60-61(59-68-62(65)56-53-50-47-44-41-38-35-27-24-21-18-15-12-9-6-3)70-64(67)58-55-52-49-46-43-40-37-33-31-29-26-23-20-17-14-11-8-5-2/h18,21,24,27,29-33,37,61H,4-17,19-20,22-23,25-26,28,34-36,38-60H2,1-3H3/b21-18-,27-24-,31-29-,32-30-,37-33-. The summed E-state index contributed by atoms with van der Waals surface area (Å²) in [6, 6.07) is 0. The first-order chi connectivity index (χ1) is 34.5. The lowest BCUT2D eigenvalue weighted by atomic mass is 10.1. The summed E-state index contributed by atoms with van der Waals surface area (Å²) in [6.45, 7) is 6.61. The average Bonchev–Trinajstić information content (AvgIpc) is 3.36. The van der Waals surface area contributed by atoms with E-state index < -0.39 is 6.10 Å². The molecule has 70 heavy (non-hydrogen) atoms. The zero-order valence-corrected chi connectivity index (χ0v) is 46.5. The maximum absolute atomic E-state index is 12.9. The summed E-state index contributed by atoms with van der Waals surface area (Å²) in [5, 5.41) is 0. The Labute approximate surface area is 434 Å². The van der Waals surface area contributed by atoms with Gasteiger partial charge in [-0.15, -0.1) is 0 Å². The molecule has 0 aromatic carbocycles. The minimum atomic E-state index is -0.790. The van der Waals surface area contributed by atoms with Gasteiger partial charge in [-0.05, 0) is 96.3 Å². The maximum atomic E-state index is 12.9. The van der Waals surface area contributed by atoms with Crippen LogP contribution in [0.2, 0.25) is 0 Å². The molecule has 0 rings (SSSR count). The first kappa shape index (κ1) is 67.1. The molecule has 1 atom stereocenters. The predicted octanol–water partition coefficient (Wildman–Crippen LogP) is 20.4. The molecule has 406 valence electrons. The lowest BCUT2D eigenvalue weighted by Gasteiger charge is -2.18. The van der Waals surface area contributed by atoms with E-state index in [0.717, 1.165) is 83.5 Å². The van der Waals surface area contributed by atoms with Crippen LogP contribution in [0, 0.1) is 0 Å². The van der Waals surface area contributed by atoms with Crippen molar-refractivity contribution in [1.29, 1.82) is 0 Å². The summed E-state index contributed by atoms with van der Waals surface area (Å²) in [4.78, 5) is 38.2. The van der Waals surface area contributed by atoms with Gasteiger partial charge in [0.1, 0.15) is 13.2 Å². The molecule has 0 amide bonds. The molecule has 0 radical (unpaired) electrons. The minimum absolute atomic E-state index is 0.0856. The molecule has 0 bridgehead atoms. The van der Waals surface area contributed by atoms with Gasteiger partial charge in [0.25, 0.3) is 0 Å². The van der Waals surface area contributed by atoms with Crippen molar-refractivity contribution < 1.29 is 28.6 Å². The van der Waals surface area contributed by atoms with E-state index in [1.54, 1.807) is 0 Å². The van der Waals surface area contributed by atoms with Gasteiger partial charge in [-0.3, -0.25) is 14.4 Å². The zero-order chi connectivity index (χ0) is 50.7. The van der Waals surface area contributed by atoms with Crippen LogP contribution in [0.15, 0.2) is 60.8 Å². The highest BCUT2D eigenvalue weighted by Gasteiger charge is 2.19. The molecule has 0 saturated heterocycles. The van der Waals surface area contributed by atoms with Crippen molar-refractivity contribution in [1.82, 2.24) is 0 Å². The summed E-state index contributed by atoms with van der Waals surface area (Å²) in [7, 11) is 0. The monoisotopic (exact) mass is 979 g/mol. The molecule has 0 aromatic rings. The number of esters is 3. The Balaban J connectivity index is 4.41. The number of hydrogen-bond acceptors (Lipinski definition) is 6. The van der Waals surface area contributed by atoms with Crippen molar-refractivity contribution in [2.24, 2.45) is 0 Å². The molecule has 0 fully saturated rings. The lowest BCUT2D eigenvalue weighted by Crippen LogP contribution is -2.30. The number of ether oxygens (including phenoxy) is 3. The molecule has 0 spiro atoms. The fraction of sp³-hybridized carbons (Fsp3) is 0.797. The highest BCUT2D eigenvalue weighted by molar-refractivity contribution is 5.71. The Morgan fingerprint density at radius 3 is 0.829 bits per heavy atom. The van der Waals surface area contributed by atoms with Crippen LogP contribution in [-0.4, -0.2) is 37.2 Å². The molecular weight excluding hydrogens is 865 g/mol. The molecule has 0 aliphatic carbocycles. The van der Waals surface area contributed by atoms with Crippen LogP contribution in [0.3, 0.4) is 0 Å². The Kier molecular flexibility index (Phi) is 56.3. The maximum Gasteiger partial charge on any atom is 0.306 e. The molecule has 1 unspecified atom stereocenters. The van der Waals surface area contributed by atoms with E-state index in [9.17, 15) is 14.4 Å². The van der Waals surface area contributed by atoms with Crippen molar-refractivity contribution in [3.05, 3.63) is 60.8 Å². The van der Waals surface area contributed by atoms with Gasteiger partial charge in [0.2, 0.25) is 0 Å². The zero-order valence-electron chi connectivity index (χ0n) is 46.5. The number of unbranched alkanes of at least 4 members (excludes halogenated alkanes) is 36. The van der Waals surface area contributed by atoms with Crippen molar-refractivity contribution in [2.45, 2.75) is 316 Å². The van der Waals surface area contributed by atoms with Gasteiger partial charge in [-0.1, -0.05) is 255 Å². The second kappa shape index (κ2) is 58.7. The van der Waals surface area contributed by atoms with Gasteiger partial charge < -0.3 is 14.2 Å². The number of allylic oxidation sites excluding steroid dienone is 10. The largest absolute Gasteiger partial charge is 0.462 e. The van der Waals surface area contributed by atoms with Gasteiger partial charge >= 0.3 is 17.9 Å². The van der Waals surface area contributed by atoms with Crippen LogP contribution in [0.5, 0.6) is 0 Å². The molecule has 6 heteroatoms. The third kappa shape index (κ3) is 56.0. The van der Waals surface area contributed by atoms with Crippen molar-refractivity contribution in [3.63, 3.8) is 0 Å². The third-order valence-corrected chi connectivity index (χ3v) is 13.3. The smallest absolute Gasteiger partial charge is 0.306 e. The molecule has 0 aliphatic rings. The number of carbonyl (C=O) groups excluding carboxylic acids is 3. The summed E-state index contributed by atoms with van der Waals surface area (Å²) in [6.07, 6.45) is 73.5. The molecule has 6 nitrogen and oxygen atoms in total. The van der Waals surface area contributed by atoms with E-state index in [0.29, 0.717) is 19.3 Å². The van der Waals surface area contributed by atoms with Crippen LogP contribution in [-0.2, 0) is 28.6 Å². The van der Waals surface area contributed by atoms with Crippen LogP contribution in [0.25, 0.3) is 0 Å². The van der Waals surface area contributed by atoms with Crippen LogP contribution >= 0.6 is 0 Å². The van der Waals surface area contributed by atoms with Crippen LogP contribution in [0.1, 0.15) is 310 Å². The van der Waals surface area contributed by atoms with Crippen molar-refractivity contribution in [2.75, 3.05) is 13.2 Å². The van der Waals surface area contributed by atoms with E-state index >= 15 is 0 Å². The normalized spacial score (nSPS) is 12.4. The van der Waals surface area contributed by atoms with E-state index in [4.69, 9.17) is 14.2 Å². The quantitative estimate of drug-likeness (QED) is 0.0199. The molecule has 0 aliphatic heterocycles. The summed E-state index contributed by atoms with van der Waals surface area (Å²) in [5.41, 5.74) is 0. The van der Waals surface area contributed by atoms with E-state index in [1.165, 1.54) is 186 Å². The van der Waals surface area contributed by atoms with Crippen molar-refractivity contribution >= 4 is 17.9 Å². The summed E-state index contributed by atoms with van der Waals surface area (Å²) < 4.78 is 16.9. The fourth-order valence-corrected chi connectivity index (χ4v) is 8.66. The summed E-state index contributed by atoms with van der Waals surface area (Å²) in [5.74, 6) is -0.904. The highest BCUT2D eigenvalue weighted by Crippen LogP contribution is 2.15. The van der Waals surface area contributed by atoms with Gasteiger partial charge in [-0.2, -0.15) is 0 Å². The first-order valence-electron chi connectivity index (χ1n) is 30.3. The predicted molar refractivity (Wildman–Crippen MR) is 302 cm³/mol. The second-order valence-electron chi connectivity index (χ2n) is 20.3. The van der Waals surface area contributed by atoms with Crippen molar-refractivity contribution in [3.8, 4) is 0 Å². The number of hydrogen-bond donors (Lipinski definition) is 0. The van der Waals surface area contributed by atoms with E-state index in [1.807, 2.05) is 0 Å². The average molecular weight is 980 g/mol. The number of rotatable bonds is 55. The molecule has 0 aromatic heterocycles. The molecule has 0 heterocycles.